The van der Waals surface area contributed by atoms with Gasteiger partial charge >= 0.3 is 0 Å². The van der Waals surface area contributed by atoms with E-state index in [4.69, 9.17) is 17.0 Å². The van der Waals surface area contributed by atoms with Crippen molar-refractivity contribution < 1.29 is 14.3 Å². The Morgan fingerprint density at radius 3 is 2.00 bits per heavy atom. The molecule has 2 amide bonds. The van der Waals surface area contributed by atoms with Crippen LogP contribution in [0.2, 0.25) is 0 Å². The molecule has 3 aromatic carbocycles. The summed E-state index contributed by atoms with van der Waals surface area (Å²) in [6.45, 7) is 7.03. The van der Waals surface area contributed by atoms with Crippen LogP contribution in [-0.4, -0.2) is 55.1 Å². The van der Waals surface area contributed by atoms with Gasteiger partial charge in [-0.05, 0) is 84.4 Å². The topological polar surface area (TPSA) is 73.9 Å². The molecule has 0 aliphatic carbocycles. The summed E-state index contributed by atoms with van der Waals surface area (Å²) in [5.74, 6) is 0.937. The van der Waals surface area contributed by atoms with Gasteiger partial charge in [0.05, 0.1) is 7.11 Å². The molecule has 1 fully saturated rings. The van der Waals surface area contributed by atoms with E-state index >= 15 is 0 Å². The van der Waals surface area contributed by atoms with Crippen LogP contribution in [0.3, 0.4) is 0 Å². The molecule has 0 aromatic heterocycles. The van der Waals surface area contributed by atoms with Crippen LogP contribution in [0.1, 0.15) is 46.0 Å². The van der Waals surface area contributed by atoms with Gasteiger partial charge in [-0.15, -0.1) is 0 Å². The van der Waals surface area contributed by atoms with Crippen LogP contribution in [0.4, 0.5) is 11.4 Å². The molecule has 0 radical (unpaired) electrons. The van der Waals surface area contributed by atoms with E-state index in [1.165, 1.54) is 5.56 Å². The Hall–Kier alpha value is -3.91. The lowest BCUT2D eigenvalue weighted by Crippen LogP contribution is -2.48. The van der Waals surface area contributed by atoms with Gasteiger partial charge in [0.2, 0.25) is 0 Å². The Kier molecular flexibility index (Phi) is 8.40. The Morgan fingerprint density at radius 2 is 1.43 bits per heavy atom. The SMILES string of the molecule is COc1ccc(C(=O)N2CCN(c3ccc(NC(=S)NC(=O)c4ccc(C(C)C)cc4)cc3)CC2)cc1. The number of hydrogen-bond donors (Lipinski definition) is 2. The maximum atomic E-state index is 12.8. The Bertz CT molecular complexity index is 1230. The molecule has 0 spiro atoms. The standard InChI is InChI=1S/C29H32N4O3S/c1-20(2)21-4-6-22(7-5-21)27(34)31-29(37)30-24-10-12-25(13-11-24)32-16-18-33(19-17-32)28(35)23-8-14-26(36-3)15-9-23/h4-15,20H,16-19H2,1-3H3,(H2,30,31,34,37). The summed E-state index contributed by atoms with van der Waals surface area (Å²) < 4.78 is 5.17. The lowest BCUT2D eigenvalue weighted by molar-refractivity contribution is 0.0746. The molecule has 4 rings (SSSR count). The van der Waals surface area contributed by atoms with Crippen molar-refractivity contribution in [3.8, 4) is 5.75 Å². The van der Waals surface area contributed by atoms with Crippen molar-refractivity contribution in [3.05, 3.63) is 89.5 Å². The van der Waals surface area contributed by atoms with Crippen molar-refractivity contribution in [2.75, 3.05) is 43.5 Å². The molecule has 1 aliphatic heterocycles. The lowest BCUT2D eigenvalue weighted by Gasteiger charge is -2.36. The molecule has 8 heteroatoms. The van der Waals surface area contributed by atoms with E-state index in [-0.39, 0.29) is 16.9 Å². The molecule has 0 bridgehead atoms. The predicted octanol–water partition coefficient (Wildman–Crippen LogP) is 4.91. The molecule has 0 atom stereocenters. The highest BCUT2D eigenvalue weighted by atomic mass is 32.1. The van der Waals surface area contributed by atoms with E-state index in [2.05, 4.69) is 29.4 Å². The number of carbonyl (C=O) groups is 2. The zero-order valence-electron chi connectivity index (χ0n) is 21.4. The van der Waals surface area contributed by atoms with Crippen LogP contribution < -0.4 is 20.3 Å². The van der Waals surface area contributed by atoms with Crippen molar-refractivity contribution in [2.24, 2.45) is 0 Å². The molecule has 0 saturated carbocycles. The van der Waals surface area contributed by atoms with Crippen LogP contribution in [-0.2, 0) is 0 Å². The smallest absolute Gasteiger partial charge is 0.257 e. The highest BCUT2D eigenvalue weighted by molar-refractivity contribution is 7.80. The first-order valence-electron chi connectivity index (χ1n) is 12.3. The second kappa shape index (κ2) is 11.9. The largest absolute Gasteiger partial charge is 0.497 e. The van der Waals surface area contributed by atoms with Crippen LogP contribution in [0.5, 0.6) is 5.75 Å². The summed E-state index contributed by atoms with van der Waals surface area (Å²) in [6.07, 6.45) is 0. The molecule has 1 heterocycles. The molecule has 192 valence electrons. The highest BCUT2D eigenvalue weighted by Crippen LogP contribution is 2.21. The number of carbonyl (C=O) groups excluding carboxylic acids is 2. The average Bonchev–Trinajstić information content (AvgIpc) is 2.93. The van der Waals surface area contributed by atoms with Gasteiger partial charge in [-0.1, -0.05) is 26.0 Å². The van der Waals surface area contributed by atoms with Gasteiger partial charge in [-0.3, -0.25) is 14.9 Å². The van der Waals surface area contributed by atoms with E-state index in [1.54, 1.807) is 31.4 Å². The van der Waals surface area contributed by atoms with E-state index in [1.807, 2.05) is 53.4 Å². The van der Waals surface area contributed by atoms with E-state index in [0.29, 0.717) is 30.1 Å². The van der Waals surface area contributed by atoms with Crippen LogP contribution in [0.25, 0.3) is 0 Å². The number of methoxy groups -OCH3 is 1. The summed E-state index contributed by atoms with van der Waals surface area (Å²) in [6, 6.07) is 22.6. The number of anilines is 2. The van der Waals surface area contributed by atoms with Gasteiger partial charge in [0.15, 0.2) is 5.11 Å². The second-order valence-electron chi connectivity index (χ2n) is 9.24. The molecule has 3 aromatic rings. The zero-order chi connectivity index (χ0) is 26.4. The lowest BCUT2D eigenvalue weighted by atomic mass is 10.0. The third kappa shape index (κ3) is 6.65. The van der Waals surface area contributed by atoms with Crippen molar-refractivity contribution in [1.29, 1.82) is 0 Å². The molecule has 0 unspecified atom stereocenters. The fourth-order valence-electron chi connectivity index (χ4n) is 4.20. The van der Waals surface area contributed by atoms with Crippen molar-refractivity contribution >= 4 is 40.5 Å². The summed E-state index contributed by atoms with van der Waals surface area (Å²) in [5.41, 5.74) is 4.27. The van der Waals surface area contributed by atoms with Gasteiger partial charge in [0.25, 0.3) is 11.8 Å². The third-order valence-corrected chi connectivity index (χ3v) is 6.66. The molecule has 1 saturated heterocycles. The average molecular weight is 517 g/mol. The summed E-state index contributed by atoms with van der Waals surface area (Å²) in [5, 5.41) is 6.05. The van der Waals surface area contributed by atoms with E-state index in [0.717, 1.165) is 30.2 Å². The number of nitrogens with one attached hydrogen (secondary N) is 2. The highest BCUT2D eigenvalue weighted by Gasteiger charge is 2.22. The van der Waals surface area contributed by atoms with Crippen molar-refractivity contribution in [3.63, 3.8) is 0 Å². The molecule has 1 aliphatic rings. The van der Waals surface area contributed by atoms with E-state index < -0.39 is 0 Å². The van der Waals surface area contributed by atoms with E-state index in [9.17, 15) is 9.59 Å². The minimum Gasteiger partial charge on any atom is -0.497 e. The maximum Gasteiger partial charge on any atom is 0.257 e. The summed E-state index contributed by atoms with van der Waals surface area (Å²) in [4.78, 5) is 29.5. The van der Waals surface area contributed by atoms with Crippen molar-refractivity contribution in [2.45, 2.75) is 19.8 Å². The molecule has 2 N–H and O–H groups in total. The minimum atomic E-state index is -0.244. The van der Waals surface area contributed by atoms with Gasteiger partial charge in [-0.2, -0.15) is 0 Å². The number of amides is 2. The van der Waals surface area contributed by atoms with Crippen LogP contribution in [0.15, 0.2) is 72.8 Å². The molecular formula is C29H32N4O3S. The number of ether oxygens (including phenoxy) is 1. The number of nitrogens with zero attached hydrogens (tertiary/aromatic N) is 2. The Morgan fingerprint density at radius 1 is 0.838 bits per heavy atom. The first-order chi connectivity index (χ1) is 17.8. The maximum absolute atomic E-state index is 12.8. The Balaban J connectivity index is 1.26. The molecule has 37 heavy (non-hydrogen) atoms. The minimum absolute atomic E-state index is 0.0354. The number of thiocarbonyl (C=S) groups is 1. The molecule has 7 nitrogen and oxygen atoms in total. The number of rotatable bonds is 6. The van der Waals surface area contributed by atoms with Gasteiger partial charge in [0.1, 0.15) is 5.75 Å². The fourth-order valence-corrected chi connectivity index (χ4v) is 4.41. The monoisotopic (exact) mass is 516 g/mol. The fraction of sp³-hybridized carbons (Fsp3) is 0.276. The quantitative estimate of drug-likeness (QED) is 0.454. The Labute approximate surface area is 223 Å². The van der Waals surface area contributed by atoms with Crippen LogP contribution in [0, 0.1) is 0 Å². The predicted molar refractivity (Wildman–Crippen MR) is 152 cm³/mol. The number of piperazine rings is 1. The van der Waals surface area contributed by atoms with Crippen LogP contribution >= 0.6 is 12.2 Å². The van der Waals surface area contributed by atoms with Gasteiger partial charge in [0, 0.05) is 48.7 Å². The van der Waals surface area contributed by atoms with Gasteiger partial charge in [-0.25, -0.2) is 0 Å². The second-order valence-corrected chi connectivity index (χ2v) is 9.65. The third-order valence-electron chi connectivity index (χ3n) is 6.46. The summed E-state index contributed by atoms with van der Waals surface area (Å²) in [7, 11) is 1.61. The first kappa shape index (κ1) is 26.2. The van der Waals surface area contributed by atoms with Gasteiger partial charge < -0.3 is 19.9 Å². The zero-order valence-corrected chi connectivity index (χ0v) is 22.2. The first-order valence-corrected chi connectivity index (χ1v) is 12.8. The van der Waals surface area contributed by atoms with Crippen molar-refractivity contribution in [1.82, 2.24) is 10.2 Å². The number of hydrogen-bond acceptors (Lipinski definition) is 5. The normalized spacial score (nSPS) is 13.3. The number of benzene rings is 3. The summed E-state index contributed by atoms with van der Waals surface area (Å²) >= 11 is 5.33. The molecular weight excluding hydrogens is 484 g/mol.